The number of nitrogens with zero attached hydrogens (tertiary/aromatic N) is 2. The van der Waals surface area contributed by atoms with Crippen molar-refractivity contribution in [1.29, 1.82) is 0 Å². The zero-order valence-corrected chi connectivity index (χ0v) is 14.4. The number of imidazole rings is 1. The maximum atomic E-state index is 12.4. The molecular formula is C19H20ClN3O. The van der Waals surface area contributed by atoms with E-state index in [4.69, 9.17) is 11.6 Å². The Morgan fingerprint density at radius 1 is 1.17 bits per heavy atom. The van der Waals surface area contributed by atoms with E-state index in [2.05, 4.69) is 21.8 Å². The molecule has 1 heterocycles. The molecule has 1 amide bonds. The van der Waals surface area contributed by atoms with Crippen LogP contribution in [-0.2, 0) is 17.8 Å². The third-order valence-corrected chi connectivity index (χ3v) is 4.17. The molecule has 3 aromatic rings. The van der Waals surface area contributed by atoms with Gasteiger partial charge in [0.2, 0.25) is 11.9 Å². The van der Waals surface area contributed by atoms with E-state index in [1.807, 2.05) is 36.4 Å². The second-order valence-corrected chi connectivity index (χ2v) is 6.22. The number of carbonyl (C=O) groups is 1. The van der Waals surface area contributed by atoms with Gasteiger partial charge in [0.1, 0.15) is 0 Å². The van der Waals surface area contributed by atoms with Crippen LogP contribution in [0.5, 0.6) is 0 Å². The van der Waals surface area contributed by atoms with Crippen molar-refractivity contribution >= 4 is 34.5 Å². The Hall–Kier alpha value is -2.33. The predicted octanol–water partition coefficient (Wildman–Crippen LogP) is 4.67. The molecule has 0 bridgehead atoms. The number of unbranched alkanes of at least 4 members (excludes halogenated alkanes) is 1. The number of carbonyl (C=O) groups excluding carboxylic acids is 1. The molecule has 0 aliphatic rings. The number of benzene rings is 2. The molecule has 4 nitrogen and oxygen atoms in total. The lowest BCUT2D eigenvalue weighted by atomic mass is 10.1. The smallest absolute Gasteiger partial charge is 0.231 e. The minimum absolute atomic E-state index is 0.0784. The second kappa shape index (κ2) is 7.49. The highest BCUT2D eigenvalue weighted by atomic mass is 35.5. The number of amides is 1. The number of para-hydroxylation sites is 2. The SMILES string of the molecule is CCCCn1c(NC(=O)Cc2ccc(Cl)cc2)nc2ccccc21. The van der Waals surface area contributed by atoms with E-state index in [1.54, 1.807) is 12.1 Å². The number of aryl methyl sites for hydroxylation is 1. The molecule has 0 saturated carbocycles. The molecule has 1 aromatic heterocycles. The fourth-order valence-corrected chi connectivity index (χ4v) is 2.80. The lowest BCUT2D eigenvalue weighted by molar-refractivity contribution is -0.115. The zero-order valence-electron chi connectivity index (χ0n) is 13.6. The topological polar surface area (TPSA) is 46.9 Å². The van der Waals surface area contributed by atoms with Gasteiger partial charge in [-0.3, -0.25) is 10.1 Å². The third kappa shape index (κ3) is 3.77. The molecule has 0 aliphatic carbocycles. The molecule has 0 spiro atoms. The van der Waals surface area contributed by atoms with Crippen molar-refractivity contribution in [2.75, 3.05) is 5.32 Å². The number of anilines is 1. The van der Waals surface area contributed by atoms with Gasteiger partial charge in [-0.15, -0.1) is 0 Å². The van der Waals surface area contributed by atoms with Gasteiger partial charge >= 0.3 is 0 Å². The summed E-state index contributed by atoms with van der Waals surface area (Å²) < 4.78 is 2.08. The summed E-state index contributed by atoms with van der Waals surface area (Å²) in [7, 11) is 0. The van der Waals surface area contributed by atoms with Gasteiger partial charge < -0.3 is 4.57 Å². The fourth-order valence-electron chi connectivity index (χ4n) is 2.67. The maximum absolute atomic E-state index is 12.4. The van der Waals surface area contributed by atoms with Crippen LogP contribution in [0.15, 0.2) is 48.5 Å². The van der Waals surface area contributed by atoms with Crippen molar-refractivity contribution in [2.24, 2.45) is 0 Å². The third-order valence-electron chi connectivity index (χ3n) is 3.92. The van der Waals surface area contributed by atoms with Gasteiger partial charge in [-0.1, -0.05) is 49.2 Å². The molecular weight excluding hydrogens is 322 g/mol. The Labute approximate surface area is 146 Å². The highest BCUT2D eigenvalue weighted by Gasteiger charge is 2.13. The molecule has 0 aliphatic heterocycles. The number of aromatic nitrogens is 2. The van der Waals surface area contributed by atoms with Gasteiger partial charge in [-0.2, -0.15) is 0 Å². The zero-order chi connectivity index (χ0) is 16.9. The Morgan fingerprint density at radius 2 is 1.92 bits per heavy atom. The number of hydrogen-bond donors (Lipinski definition) is 1. The highest BCUT2D eigenvalue weighted by Crippen LogP contribution is 2.20. The first-order valence-electron chi connectivity index (χ1n) is 8.17. The summed E-state index contributed by atoms with van der Waals surface area (Å²) in [6, 6.07) is 15.3. The van der Waals surface area contributed by atoms with Crippen LogP contribution in [0, 0.1) is 0 Å². The summed E-state index contributed by atoms with van der Waals surface area (Å²) in [5, 5.41) is 3.62. The van der Waals surface area contributed by atoms with E-state index < -0.39 is 0 Å². The monoisotopic (exact) mass is 341 g/mol. The molecule has 124 valence electrons. The molecule has 0 fully saturated rings. The van der Waals surface area contributed by atoms with Gasteiger partial charge in [-0.05, 0) is 36.2 Å². The predicted molar refractivity (Wildman–Crippen MR) is 98.4 cm³/mol. The molecule has 0 atom stereocenters. The largest absolute Gasteiger partial charge is 0.310 e. The van der Waals surface area contributed by atoms with E-state index >= 15 is 0 Å². The van der Waals surface area contributed by atoms with Crippen LogP contribution in [0.25, 0.3) is 11.0 Å². The Kier molecular flexibility index (Phi) is 5.16. The van der Waals surface area contributed by atoms with Gasteiger partial charge in [0.05, 0.1) is 17.5 Å². The van der Waals surface area contributed by atoms with Crippen molar-refractivity contribution in [3.8, 4) is 0 Å². The summed E-state index contributed by atoms with van der Waals surface area (Å²) in [6.45, 7) is 2.99. The maximum Gasteiger partial charge on any atom is 0.231 e. The molecule has 0 unspecified atom stereocenters. The Bertz CT molecular complexity index is 839. The van der Waals surface area contributed by atoms with E-state index in [1.165, 1.54) is 0 Å². The summed E-state index contributed by atoms with van der Waals surface area (Å²) in [4.78, 5) is 16.9. The average molecular weight is 342 g/mol. The van der Waals surface area contributed by atoms with Crippen molar-refractivity contribution in [1.82, 2.24) is 9.55 Å². The Morgan fingerprint density at radius 3 is 2.67 bits per heavy atom. The standard InChI is InChI=1S/C19H20ClN3O/c1-2-3-12-23-17-7-5-4-6-16(17)21-19(23)22-18(24)13-14-8-10-15(20)11-9-14/h4-11H,2-3,12-13H2,1H3,(H,21,22,24). The van der Waals surface area contributed by atoms with Crippen LogP contribution in [0.2, 0.25) is 5.02 Å². The highest BCUT2D eigenvalue weighted by molar-refractivity contribution is 6.30. The summed E-state index contributed by atoms with van der Waals surface area (Å²) >= 11 is 5.88. The summed E-state index contributed by atoms with van der Waals surface area (Å²) in [5.41, 5.74) is 2.87. The minimum Gasteiger partial charge on any atom is -0.310 e. The number of fused-ring (bicyclic) bond motifs is 1. The first-order valence-corrected chi connectivity index (χ1v) is 8.54. The normalized spacial score (nSPS) is 10.9. The summed E-state index contributed by atoms with van der Waals surface area (Å²) in [6.07, 6.45) is 2.43. The van der Waals surface area contributed by atoms with Crippen LogP contribution in [-0.4, -0.2) is 15.5 Å². The summed E-state index contributed by atoms with van der Waals surface area (Å²) in [5.74, 6) is 0.536. The van der Waals surface area contributed by atoms with E-state index in [0.717, 1.165) is 36.0 Å². The van der Waals surface area contributed by atoms with Crippen molar-refractivity contribution in [2.45, 2.75) is 32.7 Å². The van der Waals surface area contributed by atoms with E-state index in [-0.39, 0.29) is 5.91 Å². The van der Waals surface area contributed by atoms with Crippen LogP contribution in [0.3, 0.4) is 0 Å². The fraction of sp³-hybridized carbons (Fsp3) is 0.263. The Balaban J connectivity index is 1.80. The van der Waals surface area contributed by atoms with Crippen LogP contribution >= 0.6 is 11.6 Å². The molecule has 5 heteroatoms. The van der Waals surface area contributed by atoms with Gasteiger partial charge in [-0.25, -0.2) is 4.98 Å². The number of halogens is 1. The first-order chi connectivity index (χ1) is 11.7. The number of nitrogens with one attached hydrogen (secondary N) is 1. The van der Waals surface area contributed by atoms with Crippen molar-refractivity contribution in [3.05, 3.63) is 59.1 Å². The van der Waals surface area contributed by atoms with Gasteiger partial charge in [0, 0.05) is 11.6 Å². The van der Waals surface area contributed by atoms with Crippen LogP contribution in [0.1, 0.15) is 25.3 Å². The first kappa shape index (κ1) is 16.5. The average Bonchev–Trinajstić information content (AvgIpc) is 2.92. The molecule has 0 saturated heterocycles. The van der Waals surface area contributed by atoms with Crippen LogP contribution < -0.4 is 5.32 Å². The van der Waals surface area contributed by atoms with E-state index in [0.29, 0.717) is 17.4 Å². The molecule has 1 N–H and O–H groups in total. The van der Waals surface area contributed by atoms with Crippen molar-refractivity contribution in [3.63, 3.8) is 0 Å². The second-order valence-electron chi connectivity index (χ2n) is 5.78. The number of hydrogen-bond acceptors (Lipinski definition) is 2. The molecule has 2 aromatic carbocycles. The minimum atomic E-state index is -0.0784. The van der Waals surface area contributed by atoms with E-state index in [9.17, 15) is 4.79 Å². The van der Waals surface area contributed by atoms with Crippen LogP contribution in [0.4, 0.5) is 5.95 Å². The molecule has 24 heavy (non-hydrogen) atoms. The quantitative estimate of drug-likeness (QED) is 0.708. The lowest BCUT2D eigenvalue weighted by Gasteiger charge is -2.09. The molecule has 0 radical (unpaired) electrons. The van der Waals surface area contributed by atoms with Gasteiger partial charge in [0.15, 0.2) is 0 Å². The lowest BCUT2D eigenvalue weighted by Crippen LogP contribution is -2.18. The number of rotatable bonds is 6. The van der Waals surface area contributed by atoms with Gasteiger partial charge in [0.25, 0.3) is 0 Å². The molecule has 3 rings (SSSR count). The van der Waals surface area contributed by atoms with Crippen molar-refractivity contribution < 1.29 is 4.79 Å².